The fraction of sp³-hybridized carbons (Fsp3) is 0.211. The van der Waals surface area contributed by atoms with Crippen molar-refractivity contribution in [2.75, 3.05) is 0 Å². The molecule has 134 valence electrons. The number of carbonyl (C=O) groups is 1. The first-order valence-corrected chi connectivity index (χ1v) is 9.39. The summed E-state index contributed by atoms with van der Waals surface area (Å²) in [5.74, 6) is 0.919. The minimum Gasteiger partial charge on any atom is -0.480 e. The minimum absolute atomic E-state index is 0.0619. The molecule has 1 atom stereocenters. The Hall–Kier alpha value is -2.82. The lowest BCUT2D eigenvalue weighted by molar-refractivity contribution is -0.140. The Kier molecular flexibility index (Phi) is 4.48. The minimum atomic E-state index is -4.01. The van der Waals surface area contributed by atoms with Crippen LogP contribution in [-0.2, 0) is 14.8 Å². The van der Waals surface area contributed by atoms with Gasteiger partial charge in [-0.3, -0.25) is 4.79 Å². The lowest BCUT2D eigenvalue weighted by atomic mass is 10.1. The van der Waals surface area contributed by atoms with E-state index < -0.39 is 28.0 Å². The lowest BCUT2D eigenvalue weighted by Crippen LogP contribution is -2.44. The number of sulfonamides is 1. The Morgan fingerprint density at radius 1 is 1.15 bits per heavy atom. The molecule has 2 N–H and O–H groups in total. The van der Waals surface area contributed by atoms with Crippen LogP contribution in [0.1, 0.15) is 19.4 Å². The van der Waals surface area contributed by atoms with Gasteiger partial charge in [0.15, 0.2) is 0 Å². The fourth-order valence-corrected chi connectivity index (χ4v) is 4.07. The second kappa shape index (κ2) is 6.48. The molecule has 26 heavy (non-hydrogen) atoms. The summed E-state index contributed by atoms with van der Waals surface area (Å²) in [6.45, 7) is 3.26. The second-order valence-electron chi connectivity index (χ2n) is 6.30. The molecule has 0 amide bonds. The zero-order valence-electron chi connectivity index (χ0n) is 14.2. The van der Waals surface area contributed by atoms with Crippen LogP contribution in [0.2, 0.25) is 0 Å². The van der Waals surface area contributed by atoms with Crippen molar-refractivity contribution < 1.29 is 22.7 Å². The number of hydrogen-bond donors (Lipinski definition) is 2. The van der Waals surface area contributed by atoms with Crippen molar-refractivity contribution in [3.8, 4) is 12.3 Å². The first-order chi connectivity index (χ1) is 12.2. The van der Waals surface area contributed by atoms with Crippen LogP contribution in [0.15, 0.2) is 45.7 Å². The SMILES string of the molecule is C#Cc1ccc2oc3cc(S(=O)(=O)N[C@H](C(=O)O)C(C)C)ccc3c2c1. The highest BCUT2D eigenvalue weighted by molar-refractivity contribution is 7.89. The van der Waals surface area contributed by atoms with E-state index in [1.165, 1.54) is 12.1 Å². The van der Waals surface area contributed by atoms with Gasteiger partial charge in [-0.1, -0.05) is 19.8 Å². The van der Waals surface area contributed by atoms with Gasteiger partial charge in [0, 0.05) is 22.4 Å². The number of aliphatic carboxylic acids is 1. The maximum Gasteiger partial charge on any atom is 0.322 e. The normalized spacial score (nSPS) is 13.2. The van der Waals surface area contributed by atoms with Crippen LogP contribution in [0.5, 0.6) is 0 Å². The molecule has 0 saturated carbocycles. The Labute approximate surface area is 150 Å². The molecule has 3 rings (SSSR count). The molecule has 0 saturated heterocycles. The molecule has 0 spiro atoms. The van der Waals surface area contributed by atoms with Gasteiger partial charge in [-0.15, -0.1) is 6.42 Å². The first kappa shape index (κ1) is 18.0. The molecule has 1 heterocycles. The van der Waals surface area contributed by atoms with E-state index >= 15 is 0 Å². The Morgan fingerprint density at radius 2 is 1.88 bits per heavy atom. The Bertz CT molecular complexity index is 1150. The summed E-state index contributed by atoms with van der Waals surface area (Å²) < 4.78 is 33.1. The third kappa shape index (κ3) is 3.17. The number of carboxylic acid groups (broad SMARTS) is 1. The highest BCUT2D eigenvalue weighted by Gasteiger charge is 2.28. The van der Waals surface area contributed by atoms with Gasteiger partial charge in [-0.05, 0) is 36.2 Å². The van der Waals surface area contributed by atoms with E-state index in [9.17, 15) is 18.3 Å². The lowest BCUT2D eigenvalue weighted by Gasteiger charge is -2.17. The van der Waals surface area contributed by atoms with Gasteiger partial charge in [-0.2, -0.15) is 4.72 Å². The van der Waals surface area contributed by atoms with Crippen LogP contribution < -0.4 is 4.72 Å². The van der Waals surface area contributed by atoms with Gasteiger partial charge in [0.25, 0.3) is 0 Å². The molecule has 0 fully saturated rings. The van der Waals surface area contributed by atoms with Gasteiger partial charge in [-0.25, -0.2) is 8.42 Å². The van der Waals surface area contributed by atoms with Gasteiger partial charge >= 0.3 is 5.97 Å². The molecule has 2 aromatic carbocycles. The summed E-state index contributed by atoms with van der Waals surface area (Å²) in [7, 11) is -4.01. The van der Waals surface area contributed by atoms with E-state index in [-0.39, 0.29) is 4.90 Å². The molecule has 0 aliphatic carbocycles. The van der Waals surface area contributed by atoms with Gasteiger partial charge in [0.05, 0.1) is 4.90 Å². The van der Waals surface area contributed by atoms with Gasteiger partial charge < -0.3 is 9.52 Å². The average Bonchev–Trinajstić information content (AvgIpc) is 2.96. The Balaban J connectivity index is 2.07. The standard InChI is InChI=1S/C19H17NO5S/c1-4-12-5-8-16-15(9-12)14-7-6-13(10-17(14)25-16)26(23,24)20-18(11(2)3)19(21)22/h1,5-11,18,20H,2-3H3,(H,21,22)/t18-/m0/s1. The van der Waals surface area contributed by atoms with Crippen LogP contribution >= 0.6 is 0 Å². The molecule has 7 heteroatoms. The molecule has 0 aliphatic heterocycles. The summed E-state index contributed by atoms with van der Waals surface area (Å²) in [5, 5.41) is 10.7. The number of fused-ring (bicyclic) bond motifs is 3. The number of rotatable bonds is 5. The van der Waals surface area contributed by atoms with Crippen LogP contribution in [0.4, 0.5) is 0 Å². The van der Waals surface area contributed by atoms with Crippen LogP contribution in [0.3, 0.4) is 0 Å². The zero-order valence-corrected chi connectivity index (χ0v) is 15.0. The van der Waals surface area contributed by atoms with Crippen molar-refractivity contribution in [1.29, 1.82) is 0 Å². The number of carboxylic acids is 1. The highest BCUT2D eigenvalue weighted by atomic mass is 32.2. The molecule has 1 aromatic heterocycles. The van der Waals surface area contributed by atoms with Crippen molar-refractivity contribution in [2.24, 2.45) is 5.92 Å². The second-order valence-corrected chi connectivity index (χ2v) is 8.01. The van der Waals surface area contributed by atoms with Crippen LogP contribution in [0, 0.1) is 18.3 Å². The topological polar surface area (TPSA) is 96.6 Å². The summed E-state index contributed by atoms with van der Waals surface area (Å²) >= 11 is 0. The predicted molar refractivity (Wildman–Crippen MR) is 98.2 cm³/mol. The summed E-state index contributed by atoms with van der Waals surface area (Å²) in [6.07, 6.45) is 5.41. The monoisotopic (exact) mass is 371 g/mol. The van der Waals surface area contributed by atoms with Crippen molar-refractivity contribution in [1.82, 2.24) is 4.72 Å². The zero-order chi connectivity index (χ0) is 19.1. The van der Waals surface area contributed by atoms with Crippen molar-refractivity contribution >= 4 is 37.9 Å². The van der Waals surface area contributed by atoms with Crippen LogP contribution in [0.25, 0.3) is 21.9 Å². The van der Waals surface area contributed by atoms with E-state index in [2.05, 4.69) is 10.6 Å². The number of furan rings is 1. The summed E-state index contributed by atoms with van der Waals surface area (Å²) in [4.78, 5) is 11.2. The molecule has 0 bridgehead atoms. The van der Waals surface area contributed by atoms with Gasteiger partial charge in [0.2, 0.25) is 10.0 Å². The van der Waals surface area contributed by atoms with E-state index in [4.69, 9.17) is 10.8 Å². The number of benzene rings is 2. The summed E-state index contributed by atoms with van der Waals surface area (Å²) in [5.41, 5.74) is 1.67. The molecule has 0 aliphatic rings. The number of terminal acetylenes is 1. The molecule has 3 aromatic rings. The number of hydrogen-bond acceptors (Lipinski definition) is 4. The third-order valence-electron chi connectivity index (χ3n) is 4.13. The number of nitrogens with one attached hydrogen (secondary N) is 1. The smallest absolute Gasteiger partial charge is 0.322 e. The first-order valence-electron chi connectivity index (χ1n) is 7.91. The fourth-order valence-electron chi connectivity index (χ4n) is 2.72. The molecule has 0 unspecified atom stereocenters. The van der Waals surface area contributed by atoms with Crippen molar-refractivity contribution in [3.63, 3.8) is 0 Å². The maximum absolute atomic E-state index is 12.6. The maximum atomic E-state index is 12.6. The molecule has 0 radical (unpaired) electrons. The van der Waals surface area contributed by atoms with Crippen molar-refractivity contribution in [2.45, 2.75) is 24.8 Å². The average molecular weight is 371 g/mol. The quantitative estimate of drug-likeness (QED) is 0.672. The van der Waals surface area contributed by atoms with E-state index in [0.29, 0.717) is 16.7 Å². The molecular weight excluding hydrogens is 354 g/mol. The highest BCUT2D eigenvalue weighted by Crippen LogP contribution is 2.31. The largest absolute Gasteiger partial charge is 0.480 e. The van der Waals surface area contributed by atoms with Crippen LogP contribution in [-0.4, -0.2) is 25.5 Å². The van der Waals surface area contributed by atoms with Crippen molar-refractivity contribution in [3.05, 3.63) is 42.0 Å². The van der Waals surface area contributed by atoms with E-state index in [0.717, 1.165) is 10.8 Å². The van der Waals surface area contributed by atoms with E-state index in [1.807, 2.05) is 0 Å². The van der Waals surface area contributed by atoms with Gasteiger partial charge in [0.1, 0.15) is 17.2 Å². The van der Waals surface area contributed by atoms with E-state index in [1.54, 1.807) is 38.1 Å². The third-order valence-corrected chi connectivity index (χ3v) is 5.57. The Morgan fingerprint density at radius 3 is 2.50 bits per heavy atom. The predicted octanol–water partition coefficient (Wildman–Crippen LogP) is 2.95. The molecule has 6 nitrogen and oxygen atoms in total. The summed E-state index contributed by atoms with van der Waals surface area (Å²) in [6, 6.07) is 8.48. The molecular formula is C19H17NO5S.